The summed E-state index contributed by atoms with van der Waals surface area (Å²) in [6.07, 6.45) is -0.708. The zero-order valence-corrected chi connectivity index (χ0v) is 18.4. The zero-order chi connectivity index (χ0) is 23.4. The van der Waals surface area contributed by atoms with Gasteiger partial charge in [-0.15, -0.1) is 0 Å². The van der Waals surface area contributed by atoms with Crippen molar-refractivity contribution in [3.63, 3.8) is 0 Å². The summed E-state index contributed by atoms with van der Waals surface area (Å²) in [7, 11) is 1.54. The van der Waals surface area contributed by atoms with E-state index in [1.165, 1.54) is 12.1 Å². The molecule has 0 aromatic heterocycles. The molecule has 5 nitrogen and oxygen atoms in total. The Hall–Kier alpha value is -3.29. The van der Waals surface area contributed by atoms with Crippen molar-refractivity contribution >= 4 is 22.9 Å². The number of benzene rings is 2. The summed E-state index contributed by atoms with van der Waals surface area (Å²) in [6.45, 7) is 2.07. The van der Waals surface area contributed by atoms with E-state index in [4.69, 9.17) is 4.74 Å². The second-order valence-corrected chi connectivity index (χ2v) is 8.77. The van der Waals surface area contributed by atoms with Crippen LogP contribution >= 0.6 is 0 Å². The monoisotopic (exact) mass is 455 g/mol. The highest BCUT2D eigenvalue weighted by molar-refractivity contribution is 5.98. The number of hydrogen-bond donors (Lipinski definition) is 0. The van der Waals surface area contributed by atoms with E-state index in [0.717, 1.165) is 24.1 Å². The SMILES string of the molecule is COc1ccc(N2N=C(C(F)(F)F)C3CCN(c4ccc(C5(C(C)=O)CC5)cc4)C=C32)cc1. The predicted molar refractivity (Wildman–Crippen MR) is 121 cm³/mol. The topological polar surface area (TPSA) is 45.1 Å². The van der Waals surface area contributed by atoms with Crippen LogP contribution in [0.5, 0.6) is 5.75 Å². The first-order chi connectivity index (χ1) is 15.7. The van der Waals surface area contributed by atoms with E-state index in [0.29, 0.717) is 30.1 Å². The lowest BCUT2D eigenvalue weighted by molar-refractivity contribution is -0.119. The molecular weight excluding hydrogens is 431 g/mol. The third kappa shape index (κ3) is 3.67. The molecule has 1 atom stereocenters. The zero-order valence-electron chi connectivity index (χ0n) is 18.4. The van der Waals surface area contributed by atoms with Gasteiger partial charge in [-0.3, -0.25) is 4.79 Å². The molecule has 1 aliphatic carbocycles. The van der Waals surface area contributed by atoms with E-state index in [2.05, 4.69) is 5.10 Å². The minimum absolute atomic E-state index is 0.177. The van der Waals surface area contributed by atoms with Gasteiger partial charge in [0.1, 0.15) is 11.5 Å². The van der Waals surface area contributed by atoms with Gasteiger partial charge in [-0.25, -0.2) is 5.01 Å². The standard InChI is InChI=1S/C25H24F3N3O2/c1-16(32)24(12-13-24)17-3-5-18(6-4-17)30-14-11-21-22(15-30)31(29-23(21)25(26,27)28)19-7-9-20(33-2)10-8-19/h3-10,15,21H,11-14H2,1-2H3. The average Bonchev–Trinajstić information content (AvgIpc) is 3.53. The number of carbonyl (C=O) groups is 1. The average molecular weight is 455 g/mol. The van der Waals surface area contributed by atoms with Gasteiger partial charge in [0, 0.05) is 18.4 Å². The number of fused-ring (bicyclic) bond motifs is 1. The van der Waals surface area contributed by atoms with Gasteiger partial charge in [0.15, 0.2) is 5.71 Å². The molecule has 0 spiro atoms. The summed E-state index contributed by atoms with van der Waals surface area (Å²) in [6, 6.07) is 14.6. The number of allylic oxidation sites excluding steroid dienone is 1. The van der Waals surface area contributed by atoms with Crippen LogP contribution in [0.15, 0.2) is 65.5 Å². The number of ketones is 1. The summed E-state index contributed by atoms with van der Waals surface area (Å²) >= 11 is 0. The van der Waals surface area contributed by atoms with E-state index in [9.17, 15) is 18.0 Å². The number of carbonyl (C=O) groups excluding carboxylic acids is 1. The van der Waals surface area contributed by atoms with Crippen LogP contribution in [0.1, 0.15) is 31.7 Å². The van der Waals surface area contributed by atoms with Crippen molar-refractivity contribution in [2.75, 3.05) is 23.6 Å². The van der Waals surface area contributed by atoms with Crippen LogP contribution in [0.4, 0.5) is 24.5 Å². The molecule has 2 aromatic rings. The van der Waals surface area contributed by atoms with Crippen LogP contribution in [0.3, 0.4) is 0 Å². The van der Waals surface area contributed by atoms with E-state index in [-0.39, 0.29) is 11.2 Å². The van der Waals surface area contributed by atoms with Gasteiger partial charge < -0.3 is 9.64 Å². The number of alkyl halides is 3. The summed E-state index contributed by atoms with van der Waals surface area (Å²) in [4.78, 5) is 14.0. The van der Waals surface area contributed by atoms with Crippen LogP contribution < -0.4 is 14.6 Å². The molecule has 0 bridgehead atoms. The molecule has 33 heavy (non-hydrogen) atoms. The van der Waals surface area contributed by atoms with Gasteiger partial charge in [-0.2, -0.15) is 18.3 Å². The van der Waals surface area contributed by atoms with Gasteiger partial charge in [-0.1, -0.05) is 12.1 Å². The number of halogens is 3. The normalized spacial score (nSPS) is 21.3. The van der Waals surface area contributed by atoms with Crippen LogP contribution in [0, 0.1) is 5.92 Å². The molecular formula is C25H24F3N3O2. The van der Waals surface area contributed by atoms with Gasteiger partial charge in [-0.05, 0) is 68.1 Å². The first kappa shape index (κ1) is 21.6. The van der Waals surface area contributed by atoms with Gasteiger partial charge in [0.2, 0.25) is 0 Å². The molecule has 0 N–H and O–H groups in total. The Kier molecular flexibility index (Phi) is 4.99. The fourth-order valence-electron chi connectivity index (χ4n) is 4.77. The molecule has 8 heteroatoms. The van der Waals surface area contributed by atoms with Crippen molar-refractivity contribution in [3.05, 3.63) is 66.0 Å². The smallest absolute Gasteiger partial charge is 0.431 e. The lowest BCUT2D eigenvalue weighted by Gasteiger charge is -2.32. The van der Waals surface area contributed by atoms with Crippen molar-refractivity contribution in [2.45, 2.75) is 37.8 Å². The molecule has 2 aromatic carbocycles. The predicted octanol–water partition coefficient (Wildman–Crippen LogP) is 5.42. The maximum absolute atomic E-state index is 13.7. The number of Topliss-reactive ketones (excluding diaryl/α,β-unsaturated/α-hetero) is 1. The first-order valence-corrected chi connectivity index (χ1v) is 10.9. The van der Waals surface area contributed by atoms with Crippen LogP contribution in [-0.2, 0) is 10.2 Å². The Morgan fingerprint density at radius 1 is 1.06 bits per heavy atom. The van der Waals surface area contributed by atoms with E-state index < -0.39 is 17.8 Å². The number of rotatable bonds is 5. The summed E-state index contributed by atoms with van der Waals surface area (Å²) in [5.74, 6) is -0.0148. The molecule has 172 valence electrons. The maximum Gasteiger partial charge on any atom is 0.431 e. The lowest BCUT2D eigenvalue weighted by Crippen LogP contribution is -2.36. The molecule has 2 aliphatic heterocycles. The number of ether oxygens (including phenoxy) is 1. The third-order valence-corrected chi connectivity index (χ3v) is 6.87. The van der Waals surface area contributed by atoms with Crippen molar-refractivity contribution in [3.8, 4) is 5.75 Å². The van der Waals surface area contributed by atoms with Crippen molar-refractivity contribution in [2.24, 2.45) is 11.0 Å². The minimum atomic E-state index is -4.50. The van der Waals surface area contributed by atoms with Gasteiger partial charge in [0.25, 0.3) is 0 Å². The van der Waals surface area contributed by atoms with Crippen molar-refractivity contribution in [1.29, 1.82) is 0 Å². The van der Waals surface area contributed by atoms with Gasteiger partial charge >= 0.3 is 6.18 Å². The Labute approximate surface area is 190 Å². The molecule has 3 aliphatic rings. The fourth-order valence-corrected chi connectivity index (χ4v) is 4.77. The maximum atomic E-state index is 13.7. The van der Waals surface area contributed by atoms with Crippen LogP contribution in [-0.4, -0.2) is 31.3 Å². The molecule has 2 heterocycles. The second-order valence-electron chi connectivity index (χ2n) is 8.77. The summed E-state index contributed by atoms with van der Waals surface area (Å²) in [5, 5.41) is 5.36. The van der Waals surface area contributed by atoms with Crippen molar-refractivity contribution < 1.29 is 22.7 Å². The second kappa shape index (κ2) is 7.64. The highest BCUT2D eigenvalue weighted by Gasteiger charge is 2.50. The van der Waals surface area contributed by atoms with E-state index in [1.807, 2.05) is 29.2 Å². The summed E-state index contributed by atoms with van der Waals surface area (Å²) < 4.78 is 46.4. The molecule has 0 amide bonds. The Balaban J connectivity index is 1.47. The van der Waals surface area contributed by atoms with Crippen LogP contribution in [0.25, 0.3) is 0 Å². The van der Waals surface area contributed by atoms with E-state index >= 15 is 0 Å². The number of hydrazone groups is 1. The molecule has 5 rings (SSSR count). The number of methoxy groups -OCH3 is 1. The number of anilines is 2. The lowest BCUT2D eigenvalue weighted by atomic mass is 9.91. The Morgan fingerprint density at radius 3 is 2.24 bits per heavy atom. The minimum Gasteiger partial charge on any atom is -0.497 e. The van der Waals surface area contributed by atoms with E-state index in [1.54, 1.807) is 37.4 Å². The highest BCUT2D eigenvalue weighted by Crippen LogP contribution is 2.49. The molecule has 0 saturated heterocycles. The number of nitrogens with zero attached hydrogens (tertiary/aromatic N) is 3. The largest absolute Gasteiger partial charge is 0.497 e. The molecule has 1 unspecified atom stereocenters. The third-order valence-electron chi connectivity index (χ3n) is 6.87. The molecule has 0 radical (unpaired) electrons. The Morgan fingerprint density at radius 2 is 1.70 bits per heavy atom. The Bertz CT molecular complexity index is 1130. The highest BCUT2D eigenvalue weighted by atomic mass is 19.4. The quantitative estimate of drug-likeness (QED) is 0.604. The fraction of sp³-hybridized carbons (Fsp3) is 0.360. The van der Waals surface area contributed by atoms with Gasteiger partial charge in [0.05, 0.1) is 29.8 Å². The summed E-state index contributed by atoms with van der Waals surface area (Å²) in [5.41, 5.74) is 1.79. The molecule has 1 saturated carbocycles. The van der Waals surface area contributed by atoms with Crippen LogP contribution in [0.2, 0.25) is 0 Å². The number of hydrogen-bond acceptors (Lipinski definition) is 5. The first-order valence-electron chi connectivity index (χ1n) is 10.9. The van der Waals surface area contributed by atoms with Crippen molar-refractivity contribution in [1.82, 2.24) is 0 Å². The molecule has 1 fully saturated rings.